The Kier molecular flexibility index (Phi) is 7.89. The number of amides is 2. The van der Waals surface area contributed by atoms with Gasteiger partial charge in [-0.3, -0.25) is 24.6 Å². The number of β-lactam (4-membered cyclic amide) rings is 1. The number of fused-ring (bicyclic) bond motifs is 1. The molecule has 32 heavy (non-hydrogen) atoms. The predicted octanol–water partition coefficient (Wildman–Crippen LogP) is 3.28. The van der Waals surface area contributed by atoms with Crippen LogP contribution in [0.4, 0.5) is 5.69 Å². The standard InChI is InChI=1S/C22H27N3O6S/c1-3-4-5-6-7-17(26)23-18-20(27)24-19(14(2)13-32-21(18)24)22(28)31-12-15-8-10-16(11-9-15)25(29)30/h8-11,18,21H,3-7,12-13H2,1-2H3,(H,23,26)/t18?,21-/m0/s1. The summed E-state index contributed by atoms with van der Waals surface area (Å²) in [7, 11) is 0. The van der Waals surface area contributed by atoms with E-state index in [-0.39, 0.29) is 35.2 Å². The maximum Gasteiger partial charge on any atom is 0.355 e. The van der Waals surface area contributed by atoms with Crippen molar-refractivity contribution in [1.82, 2.24) is 10.2 Å². The molecule has 2 atom stereocenters. The lowest BCUT2D eigenvalue weighted by atomic mass is 10.0. The number of benzene rings is 1. The second-order valence-corrected chi connectivity index (χ2v) is 9.00. The molecule has 1 aromatic rings. The third-order valence-corrected chi connectivity index (χ3v) is 6.87. The van der Waals surface area contributed by atoms with Crippen molar-refractivity contribution in [2.24, 2.45) is 0 Å². The molecule has 1 N–H and O–H groups in total. The van der Waals surface area contributed by atoms with E-state index in [9.17, 15) is 24.5 Å². The van der Waals surface area contributed by atoms with Gasteiger partial charge >= 0.3 is 5.97 Å². The molecule has 1 unspecified atom stereocenters. The zero-order chi connectivity index (χ0) is 23.3. The summed E-state index contributed by atoms with van der Waals surface area (Å²) in [4.78, 5) is 49.3. The van der Waals surface area contributed by atoms with Crippen molar-refractivity contribution >= 4 is 35.2 Å². The van der Waals surface area contributed by atoms with Crippen LogP contribution in [0, 0.1) is 10.1 Å². The number of esters is 1. The fourth-order valence-electron chi connectivity index (χ4n) is 3.65. The minimum Gasteiger partial charge on any atom is -0.456 e. The Morgan fingerprint density at radius 2 is 1.97 bits per heavy atom. The van der Waals surface area contributed by atoms with Crippen molar-refractivity contribution in [2.75, 3.05) is 5.75 Å². The predicted molar refractivity (Wildman–Crippen MR) is 119 cm³/mol. The van der Waals surface area contributed by atoms with Crippen LogP contribution >= 0.6 is 11.8 Å². The van der Waals surface area contributed by atoms with Gasteiger partial charge in [0.2, 0.25) is 5.91 Å². The van der Waals surface area contributed by atoms with E-state index in [0.717, 1.165) is 31.3 Å². The molecule has 0 aliphatic carbocycles. The molecular weight excluding hydrogens is 434 g/mol. The van der Waals surface area contributed by atoms with Crippen LogP contribution < -0.4 is 5.32 Å². The monoisotopic (exact) mass is 461 g/mol. The molecule has 10 heteroatoms. The Bertz CT molecular complexity index is 930. The number of carbonyl (C=O) groups is 3. The molecule has 2 heterocycles. The molecule has 0 aromatic heterocycles. The van der Waals surface area contributed by atoms with Crippen molar-refractivity contribution in [3.8, 4) is 0 Å². The molecule has 172 valence electrons. The minimum atomic E-state index is -0.635. The first kappa shape index (κ1) is 23.8. The summed E-state index contributed by atoms with van der Waals surface area (Å²) in [5, 5.41) is 13.2. The number of thioether (sulfide) groups is 1. The van der Waals surface area contributed by atoms with E-state index >= 15 is 0 Å². The molecular formula is C22H27N3O6S. The number of rotatable bonds is 10. The van der Waals surface area contributed by atoms with Crippen LogP contribution in [-0.4, -0.2) is 44.8 Å². The number of nitrogens with one attached hydrogen (secondary N) is 1. The van der Waals surface area contributed by atoms with Crippen LogP contribution in [0.15, 0.2) is 35.5 Å². The smallest absolute Gasteiger partial charge is 0.355 e. The fourth-order valence-corrected chi connectivity index (χ4v) is 4.94. The average molecular weight is 462 g/mol. The highest BCUT2D eigenvalue weighted by atomic mass is 32.2. The number of hydrogen-bond acceptors (Lipinski definition) is 7. The zero-order valence-electron chi connectivity index (χ0n) is 18.2. The molecule has 3 rings (SSSR count). The molecule has 1 aromatic carbocycles. The summed E-state index contributed by atoms with van der Waals surface area (Å²) < 4.78 is 5.37. The number of carbonyl (C=O) groups excluding carboxylic acids is 3. The zero-order valence-corrected chi connectivity index (χ0v) is 19.0. The van der Waals surface area contributed by atoms with E-state index in [1.807, 2.05) is 0 Å². The third-order valence-electron chi connectivity index (χ3n) is 5.44. The molecule has 1 fully saturated rings. The van der Waals surface area contributed by atoms with E-state index in [1.54, 1.807) is 6.92 Å². The average Bonchev–Trinajstić information content (AvgIpc) is 2.78. The highest BCUT2D eigenvalue weighted by Gasteiger charge is 2.53. The van der Waals surface area contributed by atoms with E-state index in [0.29, 0.717) is 17.7 Å². The molecule has 0 spiro atoms. The summed E-state index contributed by atoms with van der Waals surface area (Å²) >= 11 is 1.51. The van der Waals surface area contributed by atoms with Gasteiger partial charge < -0.3 is 10.1 Å². The molecule has 2 amide bonds. The fraction of sp³-hybridized carbons (Fsp3) is 0.500. The number of unbranched alkanes of at least 4 members (excludes halogenated alkanes) is 3. The lowest BCUT2D eigenvalue weighted by Gasteiger charge is -2.49. The number of ether oxygens (including phenoxy) is 1. The van der Waals surface area contributed by atoms with Crippen molar-refractivity contribution < 1.29 is 24.0 Å². The molecule has 2 aliphatic rings. The molecule has 9 nitrogen and oxygen atoms in total. The van der Waals surface area contributed by atoms with Gasteiger partial charge in [0.1, 0.15) is 23.7 Å². The Hall–Kier alpha value is -2.88. The number of nitro groups is 1. The number of nitrogens with zero attached hydrogens (tertiary/aromatic N) is 2. The second kappa shape index (κ2) is 10.6. The van der Waals surface area contributed by atoms with Gasteiger partial charge in [-0.15, -0.1) is 11.8 Å². The molecule has 1 saturated heterocycles. The first-order valence-electron chi connectivity index (χ1n) is 10.7. The largest absolute Gasteiger partial charge is 0.456 e. The Balaban J connectivity index is 1.57. The lowest BCUT2D eigenvalue weighted by Crippen LogP contribution is -2.70. The third kappa shape index (κ3) is 5.29. The number of non-ortho nitro benzene ring substituents is 1. The van der Waals surface area contributed by atoms with Crippen LogP contribution in [0.3, 0.4) is 0 Å². The first-order valence-corrected chi connectivity index (χ1v) is 11.7. The number of nitro benzene ring substituents is 1. The van der Waals surface area contributed by atoms with E-state index in [4.69, 9.17) is 4.74 Å². The summed E-state index contributed by atoms with van der Waals surface area (Å²) in [6.07, 6.45) is 4.34. The quantitative estimate of drug-likeness (QED) is 0.187. The van der Waals surface area contributed by atoms with E-state index in [1.165, 1.54) is 40.9 Å². The van der Waals surface area contributed by atoms with Crippen LogP contribution in [-0.2, 0) is 25.7 Å². The maximum absolute atomic E-state index is 12.7. The van der Waals surface area contributed by atoms with Gasteiger partial charge in [-0.1, -0.05) is 26.2 Å². The lowest BCUT2D eigenvalue weighted by molar-refractivity contribution is -0.384. The van der Waals surface area contributed by atoms with Gasteiger partial charge in [0, 0.05) is 24.3 Å². The second-order valence-electron chi connectivity index (χ2n) is 7.89. The van der Waals surface area contributed by atoms with E-state index in [2.05, 4.69) is 12.2 Å². The minimum absolute atomic E-state index is 0.0459. The molecule has 0 bridgehead atoms. The van der Waals surface area contributed by atoms with Crippen molar-refractivity contribution in [3.63, 3.8) is 0 Å². The van der Waals surface area contributed by atoms with Gasteiger partial charge in [-0.05, 0) is 36.6 Å². The van der Waals surface area contributed by atoms with Crippen LogP contribution in [0.25, 0.3) is 0 Å². The van der Waals surface area contributed by atoms with Crippen molar-refractivity contribution in [3.05, 3.63) is 51.2 Å². The molecule has 0 saturated carbocycles. The summed E-state index contributed by atoms with van der Waals surface area (Å²) in [6.45, 7) is 3.82. The highest BCUT2D eigenvalue weighted by molar-refractivity contribution is 8.00. The Morgan fingerprint density at radius 1 is 1.25 bits per heavy atom. The van der Waals surface area contributed by atoms with Gasteiger partial charge in [0.05, 0.1) is 4.92 Å². The molecule has 2 aliphatic heterocycles. The van der Waals surface area contributed by atoms with Crippen molar-refractivity contribution in [1.29, 1.82) is 0 Å². The Labute approximate surface area is 190 Å². The Morgan fingerprint density at radius 3 is 2.62 bits per heavy atom. The van der Waals surface area contributed by atoms with Gasteiger partial charge in [0.15, 0.2) is 0 Å². The molecule has 0 radical (unpaired) electrons. The summed E-state index contributed by atoms with van der Waals surface area (Å²) in [5.74, 6) is -0.526. The first-order chi connectivity index (χ1) is 15.3. The van der Waals surface area contributed by atoms with Gasteiger partial charge in [0.25, 0.3) is 11.6 Å². The summed E-state index contributed by atoms with van der Waals surface area (Å²) in [5.41, 5.74) is 1.51. The van der Waals surface area contributed by atoms with Crippen LogP contribution in [0.2, 0.25) is 0 Å². The number of hydrogen-bond donors (Lipinski definition) is 1. The van der Waals surface area contributed by atoms with Gasteiger partial charge in [-0.2, -0.15) is 0 Å². The van der Waals surface area contributed by atoms with Gasteiger partial charge in [-0.25, -0.2) is 4.79 Å². The summed E-state index contributed by atoms with van der Waals surface area (Å²) in [6, 6.07) is 5.09. The van der Waals surface area contributed by atoms with Crippen LogP contribution in [0.5, 0.6) is 0 Å². The van der Waals surface area contributed by atoms with E-state index < -0.39 is 16.9 Å². The SMILES string of the molecule is CCCCCCC(=O)NC1C(=O)N2C(C(=O)OCc3ccc([N+](=O)[O-])cc3)=C(C)CS[C@@H]12. The van der Waals surface area contributed by atoms with Crippen LogP contribution in [0.1, 0.15) is 51.5 Å². The highest BCUT2D eigenvalue weighted by Crippen LogP contribution is 2.40. The maximum atomic E-state index is 12.7. The normalized spacial score (nSPS) is 19.8. The topological polar surface area (TPSA) is 119 Å². The van der Waals surface area contributed by atoms with Crippen molar-refractivity contribution in [2.45, 2.75) is 64.0 Å².